The lowest BCUT2D eigenvalue weighted by atomic mass is 10.1. The van der Waals surface area contributed by atoms with Crippen LogP contribution in [0.3, 0.4) is 0 Å². The third-order valence-corrected chi connectivity index (χ3v) is 7.35. The molecule has 2 fully saturated rings. The number of fused-ring (bicyclic) bond motifs is 1. The smallest absolute Gasteiger partial charge is 0.250 e. The first-order valence-corrected chi connectivity index (χ1v) is 10.3. The summed E-state index contributed by atoms with van der Waals surface area (Å²) in [6.45, 7) is 5.61. The highest BCUT2D eigenvalue weighted by molar-refractivity contribution is 8.16. The number of thioether (sulfide) groups is 1. The Morgan fingerprint density at radius 2 is 2.00 bits per heavy atom. The topological polar surface area (TPSA) is 66.8 Å². The molecule has 0 N–H and O–H groups in total. The molecule has 2 heterocycles. The summed E-state index contributed by atoms with van der Waals surface area (Å²) < 4.78 is 24.0. The van der Waals surface area contributed by atoms with E-state index >= 15 is 0 Å². The molecule has 1 aromatic carbocycles. The van der Waals surface area contributed by atoms with Crippen molar-refractivity contribution in [3.8, 4) is 0 Å². The minimum absolute atomic E-state index is 0.0571. The summed E-state index contributed by atoms with van der Waals surface area (Å²) in [5, 5.41) is 0.571. The van der Waals surface area contributed by atoms with Crippen LogP contribution in [0.1, 0.15) is 19.4 Å². The number of benzene rings is 1. The number of carbonyl (C=O) groups excluding carboxylic acids is 1. The third kappa shape index (κ3) is 3.17. The highest BCUT2D eigenvalue weighted by atomic mass is 32.2. The molecule has 7 heteroatoms. The van der Waals surface area contributed by atoms with E-state index < -0.39 is 9.84 Å². The van der Waals surface area contributed by atoms with Crippen LogP contribution in [0.2, 0.25) is 0 Å². The number of aliphatic imine (C=N–C) groups is 1. The van der Waals surface area contributed by atoms with E-state index in [0.717, 1.165) is 11.3 Å². The fourth-order valence-corrected chi connectivity index (χ4v) is 6.82. The van der Waals surface area contributed by atoms with Gasteiger partial charge in [-0.15, -0.1) is 0 Å². The van der Waals surface area contributed by atoms with Crippen LogP contribution >= 0.6 is 11.8 Å². The molecule has 2 saturated heterocycles. The first-order valence-electron chi connectivity index (χ1n) is 7.63. The van der Waals surface area contributed by atoms with Crippen LogP contribution in [0.4, 0.5) is 5.69 Å². The summed E-state index contributed by atoms with van der Waals surface area (Å²) in [5.74, 6) is -0.0760. The Morgan fingerprint density at radius 3 is 2.65 bits per heavy atom. The molecule has 0 spiro atoms. The number of anilines is 1. The molecule has 23 heavy (non-hydrogen) atoms. The van der Waals surface area contributed by atoms with Crippen molar-refractivity contribution < 1.29 is 13.2 Å². The summed E-state index contributed by atoms with van der Waals surface area (Å²) in [6.07, 6.45) is 0. The molecule has 1 amide bonds. The number of amides is 1. The number of hydrogen-bond acceptors (Lipinski definition) is 4. The van der Waals surface area contributed by atoms with Gasteiger partial charge in [0.2, 0.25) is 0 Å². The molecular weight excluding hydrogens is 332 g/mol. The molecular formula is C16H20N2O3S2. The van der Waals surface area contributed by atoms with Gasteiger partial charge in [0.1, 0.15) is 0 Å². The number of rotatable bonds is 2. The molecule has 2 aliphatic rings. The molecule has 5 nitrogen and oxygen atoms in total. The molecule has 1 aromatic rings. The number of para-hydroxylation sites is 1. The second-order valence-electron chi connectivity index (χ2n) is 6.34. The van der Waals surface area contributed by atoms with E-state index in [9.17, 15) is 13.2 Å². The van der Waals surface area contributed by atoms with Crippen LogP contribution in [0.5, 0.6) is 0 Å². The number of aryl methyl sites for hydroxylation is 1. The average molecular weight is 352 g/mol. The summed E-state index contributed by atoms with van der Waals surface area (Å²) in [5.41, 5.74) is 1.97. The summed E-state index contributed by atoms with van der Waals surface area (Å²) in [7, 11) is -3.03. The number of nitrogens with zero attached hydrogens (tertiary/aromatic N) is 2. The maximum absolute atomic E-state index is 12.1. The number of carbonyl (C=O) groups is 1. The van der Waals surface area contributed by atoms with Gasteiger partial charge in [-0.25, -0.2) is 8.42 Å². The van der Waals surface area contributed by atoms with Crippen LogP contribution in [0.25, 0.3) is 0 Å². The zero-order valence-corrected chi connectivity index (χ0v) is 15.0. The van der Waals surface area contributed by atoms with Gasteiger partial charge in [0.05, 0.1) is 17.5 Å². The Balaban J connectivity index is 2.05. The van der Waals surface area contributed by atoms with E-state index in [1.165, 1.54) is 11.8 Å². The molecule has 124 valence electrons. The largest absolute Gasteiger partial charge is 0.315 e. The molecule has 0 aliphatic carbocycles. The molecule has 0 saturated carbocycles. The quantitative estimate of drug-likeness (QED) is 0.817. The number of hydrogen-bond donors (Lipinski definition) is 0. The van der Waals surface area contributed by atoms with Crippen molar-refractivity contribution in [2.24, 2.45) is 10.9 Å². The van der Waals surface area contributed by atoms with Gasteiger partial charge in [-0.1, -0.05) is 43.8 Å². The minimum atomic E-state index is -3.03. The van der Waals surface area contributed by atoms with Crippen molar-refractivity contribution in [3.05, 3.63) is 29.8 Å². The molecule has 0 aromatic heterocycles. The van der Waals surface area contributed by atoms with Gasteiger partial charge in [0.25, 0.3) is 5.91 Å². The SMILES string of the molecule is Cc1ccccc1N1C(=NC(=O)C(C)C)SC2CS(=O)(=O)CC21. The Morgan fingerprint density at radius 1 is 1.30 bits per heavy atom. The van der Waals surface area contributed by atoms with Gasteiger partial charge >= 0.3 is 0 Å². The summed E-state index contributed by atoms with van der Waals surface area (Å²) in [4.78, 5) is 18.3. The Kier molecular flexibility index (Phi) is 4.27. The van der Waals surface area contributed by atoms with E-state index in [4.69, 9.17) is 0 Å². The lowest BCUT2D eigenvalue weighted by Crippen LogP contribution is -2.38. The fourth-order valence-electron chi connectivity index (χ4n) is 2.90. The van der Waals surface area contributed by atoms with Crippen LogP contribution in [0, 0.1) is 12.8 Å². The van der Waals surface area contributed by atoms with Crippen molar-refractivity contribution in [3.63, 3.8) is 0 Å². The first-order chi connectivity index (χ1) is 10.8. The van der Waals surface area contributed by atoms with Gasteiger partial charge < -0.3 is 4.90 Å². The maximum Gasteiger partial charge on any atom is 0.250 e. The van der Waals surface area contributed by atoms with Crippen molar-refractivity contribution in [2.75, 3.05) is 16.4 Å². The average Bonchev–Trinajstić information content (AvgIpc) is 2.91. The van der Waals surface area contributed by atoms with E-state index in [1.54, 1.807) is 0 Å². The van der Waals surface area contributed by atoms with E-state index in [-0.39, 0.29) is 34.6 Å². The summed E-state index contributed by atoms with van der Waals surface area (Å²) in [6, 6.07) is 7.66. The highest BCUT2D eigenvalue weighted by Crippen LogP contribution is 2.41. The van der Waals surface area contributed by atoms with Gasteiger partial charge in [0.15, 0.2) is 15.0 Å². The lowest BCUT2D eigenvalue weighted by Gasteiger charge is -2.26. The van der Waals surface area contributed by atoms with Crippen LogP contribution in [0.15, 0.2) is 29.3 Å². The van der Waals surface area contributed by atoms with Crippen molar-refractivity contribution in [1.82, 2.24) is 0 Å². The Labute approximate surface area is 141 Å². The molecule has 0 bridgehead atoms. The monoisotopic (exact) mass is 352 g/mol. The predicted octanol–water partition coefficient (Wildman–Crippen LogP) is 2.25. The van der Waals surface area contributed by atoms with E-state index in [1.807, 2.05) is 49.9 Å². The Bertz CT molecular complexity index is 771. The van der Waals surface area contributed by atoms with Gasteiger partial charge in [-0.05, 0) is 18.6 Å². The minimum Gasteiger partial charge on any atom is -0.315 e. The Hall–Kier alpha value is -1.34. The van der Waals surface area contributed by atoms with Gasteiger partial charge in [-0.3, -0.25) is 4.79 Å². The van der Waals surface area contributed by atoms with Crippen LogP contribution < -0.4 is 4.90 Å². The predicted molar refractivity (Wildman–Crippen MR) is 94.8 cm³/mol. The molecule has 3 rings (SSSR count). The van der Waals surface area contributed by atoms with Gasteiger partial charge in [0, 0.05) is 16.9 Å². The molecule has 2 unspecified atom stereocenters. The van der Waals surface area contributed by atoms with E-state index in [0.29, 0.717) is 5.17 Å². The maximum atomic E-state index is 12.1. The highest BCUT2D eigenvalue weighted by Gasteiger charge is 2.49. The fraction of sp³-hybridized carbons (Fsp3) is 0.500. The van der Waals surface area contributed by atoms with Crippen molar-refractivity contribution >= 4 is 38.4 Å². The summed E-state index contributed by atoms with van der Waals surface area (Å²) >= 11 is 1.42. The lowest BCUT2D eigenvalue weighted by molar-refractivity contribution is -0.120. The normalized spacial score (nSPS) is 27.7. The first kappa shape index (κ1) is 16.5. The van der Waals surface area contributed by atoms with Gasteiger partial charge in [-0.2, -0.15) is 4.99 Å². The zero-order chi connectivity index (χ0) is 16.8. The standard InChI is InChI=1S/C16H20N2O3S2/c1-10(2)15(19)17-16-18(12-7-5-4-6-11(12)3)13-8-23(20,21)9-14(13)22-16/h4-7,10,13-14H,8-9H2,1-3H3. The second-order valence-corrected chi connectivity index (χ2v) is 9.70. The van der Waals surface area contributed by atoms with Crippen LogP contribution in [-0.2, 0) is 14.6 Å². The second kappa shape index (κ2) is 5.94. The zero-order valence-electron chi connectivity index (χ0n) is 13.4. The molecule has 2 aliphatic heterocycles. The molecule has 0 radical (unpaired) electrons. The molecule has 2 atom stereocenters. The van der Waals surface area contributed by atoms with Crippen molar-refractivity contribution in [1.29, 1.82) is 0 Å². The van der Waals surface area contributed by atoms with Crippen LogP contribution in [-0.4, -0.2) is 42.3 Å². The van der Waals surface area contributed by atoms with Crippen molar-refractivity contribution in [2.45, 2.75) is 32.1 Å². The number of amidine groups is 1. The van der Waals surface area contributed by atoms with E-state index in [2.05, 4.69) is 4.99 Å². The third-order valence-electron chi connectivity index (χ3n) is 4.14. The number of sulfone groups is 1.